The van der Waals surface area contributed by atoms with Gasteiger partial charge < -0.3 is 20.1 Å². The highest BCUT2D eigenvalue weighted by Gasteiger charge is 2.26. The second-order valence-electron chi connectivity index (χ2n) is 20.2. The maximum absolute atomic E-state index is 12.7. The smallest absolute Gasteiger partial charge is 0.462 e. The summed E-state index contributed by atoms with van der Waals surface area (Å²) in [5, 5.41) is 0. The van der Waals surface area contributed by atoms with Crippen LogP contribution >= 0.6 is 7.82 Å². The first kappa shape index (κ1) is 73.4. The summed E-state index contributed by atoms with van der Waals surface area (Å²) in [6.07, 6.45) is 85.8. The molecule has 0 saturated heterocycles. The SMILES string of the molecule is CC/C=C\C/C=C\C/C=C\C/C=C\C/C=C\C/C=C\CCCCCCCCCCCCCCCCCCCCCCCCC(=O)OC(COC(=O)CCCC/C=C\C/C=C\C/C=C\C/C=C\CC)COP(=O)(O)OCCN. The molecule has 440 valence electrons. The van der Waals surface area contributed by atoms with Gasteiger partial charge in [0.2, 0.25) is 0 Å². The van der Waals surface area contributed by atoms with E-state index in [2.05, 4.69) is 135 Å². The van der Waals surface area contributed by atoms with Crippen molar-refractivity contribution < 1.29 is 37.6 Å². The van der Waals surface area contributed by atoms with E-state index in [0.29, 0.717) is 12.8 Å². The minimum atomic E-state index is -4.40. The van der Waals surface area contributed by atoms with Crippen LogP contribution in [-0.4, -0.2) is 49.3 Å². The van der Waals surface area contributed by atoms with Gasteiger partial charge in [-0.15, -0.1) is 0 Å². The number of phosphoric ester groups is 1. The molecule has 2 unspecified atom stereocenters. The standard InChI is InChI=1S/C67H114NO8P/c1-3-5-7-9-11-13-15-17-19-20-21-22-23-24-25-26-27-28-29-30-31-32-33-34-35-36-37-38-39-40-41-42-43-44-46-48-50-52-54-56-58-60-67(70)76-65(64-75-77(71,72)74-62-61-68)63-73-66(69)59-57-55-53-51-49-47-45-18-16-14-12-10-8-6-4-2/h5-8,11-14,17-19,21-22,24-25,27-28,45,49,51,65H,3-4,9-10,15-16,20,23,26,29-44,46-48,50,52-64,68H2,1-2H3,(H,71,72)/b7-5-,8-6-,13-11-,14-12-,19-17-,22-21-,25-24-,28-27-,45-18-,51-49-. The Morgan fingerprint density at radius 2 is 0.675 bits per heavy atom. The van der Waals surface area contributed by atoms with E-state index in [-0.39, 0.29) is 32.6 Å². The molecule has 0 aromatic carbocycles. The van der Waals surface area contributed by atoms with Gasteiger partial charge in [-0.05, 0) is 103 Å². The quantitative estimate of drug-likeness (QED) is 0.0264. The summed E-state index contributed by atoms with van der Waals surface area (Å²) in [7, 11) is -4.40. The maximum Gasteiger partial charge on any atom is 0.472 e. The van der Waals surface area contributed by atoms with Gasteiger partial charge in [0.1, 0.15) is 6.61 Å². The molecule has 0 bridgehead atoms. The van der Waals surface area contributed by atoms with Crippen LogP contribution < -0.4 is 5.73 Å². The van der Waals surface area contributed by atoms with Crippen LogP contribution in [-0.2, 0) is 32.7 Å². The molecule has 0 spiro atoms. The van der Waals surface area contributed by atoms with Crippen molar-refractivity contribution in [2.75, 3.05) is 26.4 Å². The molecule has 77 heavy (non-hydrogen) atoms. The monoisotopic (exact) mass is 1090 g/mol. The minimum absolute atomic E-state index is 0.0441. The summed E-state index contributed by atoms with van der Waals surface area (Å²) in [5.74, 6) is -0.875. The molecule has 9 nitrogen and oxygen atoms in total. The van der Waals surface area contributed by atoms with E-state index in [9.17, 15) is 19.0 Å². The lowest BCUT2D eigenvalue weighted by atomic mass is 10.0. The number of rotatable bonds is 57. The Bertz CT molecular complexity index is 1670. The number of esters is 2. The fraction of sp³-hybridized carbons (Fsp3) is 0.672. The summed E-state index contributed by atoms with van der Waals surface area (Å²) in [6.45, 7) is 3.47. The number of hydrogen-bond acceptors (Lipinski definition) is 8. The molecular formula is C67H114NO8P. The van der Waals surface area contributed by atoms with E-state index in [4.69, 9.17) is 24.3 Å². The lowest BCUT2D eigenvalue weighted by Crippen LogP contribution is -2.29. The number of carbonyl (C=O) groups is 2. The maximum atomic E-state index is 12.7. The van der Waals surface area contributed by atoms with Gasteiger partial charge in [0.15, 0.2) is 6.10 Å². The average Bonchev–Trinajstić information content (AvgIpc) is 3.42. The summed E-state index contributed by atoms with van der Waals surface area (Å²) >= 11 is 0. The first-order valence-electron chi connectivity index (χ1n) is 31.0. The Morgan fingerprint density at radius 1 is 0.390 bits per heavy atom. The van der Waals surface area contributed by atoms with Crippen molar-refractivity contribution in [1.82, 2.24) is 0 Å². The lowest BCUT2D eigenvalue weighted by molar-refractivity contribution is -0.161. The van der Waals surface area contributed by atoms with Gasteiger partial charge >= 0.3 is 19.8 Å². The molecule has 0 saturated carbocycles. The van der Waals surface area contributed by atoms with Crippen molar-refractivity contribution in [2.45, 2.75) is 264 Å². The molecule has 2 atom stereocenters. The van der Waals surface area contributed by atoms with Gasteiger partial charge in [-0.2, -0.15) is 0 Å². The molecule has 0 aliphatic carbocycles. The molecule has 3 N–H and O–H groups in total. The lowest BCUT2D eigenvalue weighted by Gasteiger charge is -2.19. The molecule has 0 aliphatic heterocycles. The predicted molar refractivity (Wildman–Crippen MR) is 330 cm³/mol. The number of allylic oxidation sites excluding steroid dienone is 20. The number of ether oxygens (including phenoxy) is 2. The zero-order chi connectivity index (χ0) is 55.9. The van der Waals surface area contributed by atoms with Crippen LogP contribution in [0.1, 0.15) is 258 Å². The van der Waals surface area contributed by atoms with Gasteiger partial charge in [0.25, 0.3) is 0 Å². The van der Waals surface area contributed by atoms with E-state index >= 15 is 0 Å². The largest absolute Gasteiger partial charge is 0.472 e. The van der Waals surface area contributed by atoms with Crippen LogP contribution in [0.15, 0.2) is 122 Å². The van der Waals surface area contributed by atoms with Crippen molar-refractivity contribution in [3.8, 4) is 0 Å². The third-order valence-corrected chi connectivity index (χ3v) is 13.8. The number of hydrogen-bond donors (Lipinski definition) is 2. The van der Waals surface area contributed by atoms with Crippen LogP contribution in [0.3, 0.4) is 0 Å². The number of carbonyl (C=O) groups excluding carboxylic acids is 2. The topological polar surface area (TPSA) is 134 Å². The third-order valence-electron chi connectivity index (χ3n) is 12.8. The van der Waals surface area contributed by atoms with Crippen molar-refractivity contribution in [3.63, 3.8) is 0 Å². The van der Waals surface area contributed by atoms with Crippen molar-refractivity contribution >= 4 is 19.8 Å². The molecule has 0 amide bonds. The molecule has 0 aromatic heterocycles. The summed E-state index contributed by atoms with van der Waals surface area (Å²) in [5.41, 5.74) is 5.38. The van der Waals surface area contributed by atoms with Crippen LogP contribution in [0.2, 0.25) is 0 Å². The molecule has 0 radical (unpaired) electrons. The highest BCUT2D eigenvalue weighted by Crippen LogP contribution is 2.43. The second kappa shape index (κ2) is 61.6. The summed E-state index contributed by atoms with van der Waals surface area (Å²) in [4.78, 5) is 35.1. The van der Waals surface area contributed by atoms with E-state index in [1.165, 1.54) is 122 Å². The van der Waals surface area contributed by atoms with E-state index in [1.807, 2.05) is 0 Å². The molecule has 0 heterocycles. The molecular weight excluding hydrogens is 978 g/mol. The van der Waals surface area contributed by atoms with Gasteiger partial charge in [-0.25, -0.2) is 4.57 Å². The number of nitrogens with two attached hydrogens (primary N) is 1. The third kappa shape index (κ3) is 61.5. The Kier molecular flexibility index (Phi) is 58.7. The summed E-state index contributed by atoms with van der Waals surface area (Å²) in [6, 6.07) is 0. The minimum Gasteiger partial charge on any atom is -0.462 e. The second-order valence-corrected chi connectivity index (χ2v) is 21.6. The highest BCUT2D eigenvalue weighted by atomic mass is 31.2. The zero-order valence-corrected chi connectivity index (χ0v) is 50.0. The fourth-order valence-corrected chi connectivity index (χ4v) is 9.10. The Labute approximate surface area is 472 Å². The van der Waals surface area contributed by atoms with Crippen LogP contribution in [0, 0.1) is 0 Å². The predicted octanol–water partition coefficient (Wildman–Crippen LogP) is 20.0. The fourth-order valence-electron chi connectivity index (χ4n) is 8.34. The first-order valence-corrected chi connectivity index (χ1v) is 32.5. The normalized spacial score (nSPS) is 13.9. The highest BCUT2D eigenvalue weighted by molar-refractivity contribution is 7.47. The van der Waals surface area contributed by atoms with Gasteiger partial charge in [0.05, 0.1) is 13.2 Å². The van der Waals surface area contributed by atoms with Crippen molar-refractivity contribution in [1.29, 1.82) is 0 Å². The molecule has 0 aromatic rings. The van der Waals surface area contributed by atoms with Crippen LogP contribution in [0.25, 0.3) is 0 Å². The number of phosphoric acid groups is 1. The van der Waals surface area contributed by atoms with Crippen LogP contribution in [0.5, 0.6) is 0 Å². The molecule has 0 rings (SSSR count). The van der Waals surface area contributed by atoms with Crippen LogP contribution in [0.4, 0.5) is 0 Å². The average molecular weight is 1090 g/mol. The van der Waals surface area contributed by atoms with Crippen molar-refractivity contribution in [3.05, 3.63) is 122 Å². The number of unbranched alkanes of at least 4 members (excludes halogenated alkanes) is 24. The zero-order valence-electron chi connectivity index (χ0n) is 49.2. The molecule has 0 fully saturated rings. The molecule has 0 aliphatic rings. The Hall–Kier alpha value is -3.59. The van der Waals surface area contributed by atoms with Gasteiger partial charge in [-0.3, -0.25) is 18.6 Å². The van der Waals surface area contributed by atoms with Gasteiger partial charge in [0, 0.05) is 19.4 Å². The Morgan fingerprint density at radius 3 is 1.03 bits per heavy atom. The van der Waals surface area contributed by atoms with Gasteiger partial charge in [-0.1, -0.05) is 264 Å². The van der Waals surface area contributed by atoms with Crippen molar-refractivity contribution in [2.24, 2.45) is 5.73 Å². The Balaban J connectivity index is 3.82. The van der Waals surface area contributed by atoms with E-state index in [1.54, 1.807) is 0 Å². The first-order chi connectivity index (χ1) is 37.8. The van der Waals surface area contributed by atoms with E-state index < -0.39 is 32.5 Å². The molecule has 10 heteroatoms. The summed E-state index contributed by atoms with van der Waals surface area (Å²) < 4.78 is 33.0. The van der Waals surface area contributed by atoms with E-state index in [0.717, 1.165) is 96.3 Å².